The number of anilines is 2. The molecule has 1 aromatic heterocycles. The van der Waals surface area contributed by atoms with Gasteiger partial charge in [0.05, 0.1) is 6.61 Å². The van der Waals surface area contributed by atoms with Crippen LogP contribution in [0.1, 0.15) is 6.92 Å². The van der Waals surface area contributed by atoms with Crippen molar-refractivity contribution < 1.29 is 5.11 Å². The SMILES string of the molecule is CC(CO)N(C)c1ccnc(N)c1. The number of hydrogen-bond donors (Lipinski definition) is 2. The van der Waals surface area contributed by atoms with Crippen LogP contribution in [0.15, 0.2) is 18.3 Å². The van der Waals surface area contributed by atoms with Crippen molar-refractivity contribution in [2.75, 3.05) is 24.3 Å². The number of rotatable bonds is 3. The average molecular weight is 181 g/mol. The van der Waals surface area contributed by atoms with Crippen LogP contribution in [0.3, 0.4) is 0 Å². The van der Waals surface area contributed by atoms with E-state index >= 15 is 0 Å². The lowest BCUT2D eigenvalue weighted by molar-refractivity contribution is 0.270. The van der Waals surface area contributed by atoms with Crippen molar-refractivity contribution in [1.29, 1.82) is 0 Å². The molecule has 0 fully saturated rings. The molecule has 4 heteroatoms. The second-order valence-electron chi connectivity index (χ2n) is 3.08. The number of nitrogen functional groups attached to an aromatic ring is 1. The number of pyridine rings is 1. The van der Waals surface area contributed by atoms with E-state index in [1.54, 1.807) is 12.3 Å². The fourth-order valence-corrected chi connectivity index (χ4v) is 1.03. The van der Waals surface area contributed by atoms with Crippen molar-refractivity contribution >= 4 is 11.5 Å². The molecule has 13 heavy (non-hydrogen) atoms. The highest BCUT2D eigenvalue weighted by Crippen LogP contribution is 2.15. The Morgan fingerprint density at radius 3 is 2.92 bits per heavy atom. The first kappa shape index (κ1) is 9.80. The summed E-state index contributed by atoms with van der Waals surface area (Å²) in [6.45, 7) is 2.06. The van der Waals surface area contributed by atoms with Crippen LogP contribution in [-0.2, 0) is 0 Å². The number of aromatic nitrogens is 1. The van der Waals surface area contributed by atoms with Crippen LogP contribution in [0.5, 0.6) is 0 Å². The van der Waals surface area contributed by atoms with Gasteiger partial charge >= 0.3 is 0 Å². The quantitative estimate of drug-likeness (QED) is 0.712. The van der Waals surface area contributed by atoms with Crippen LogP contribution in [0.25, 0.3) is 0 Å². The summed E-state index contributed by atoms with van der Waals surface area (Å²) < 4.78 is 0. The molecule has 1 aromatic rings. The molecule has 3 N–H and O–H groups in total. The van der Waals surface area contributed by atoms with Gasteiger partial charge in [-0.05, 0) is 13.0 Å². The Balaban J connectivity index is 2.82. The summed E-state index contributed by atoms with van der Waals surface area (Å²) in [5.74, 6) is 0.495. The normalized spacial score (nSPS) is 12.5. The lowest BCUT2D eigenvalue weighted by Crippen LogP contribution is -2.31. The topological polar surface area (TPSA) is 62.4 Å². The highest BCUT2D eigenvalue weighted by atomic mass is 16.3. The van der Waals surface area contributed by atoms with Gasteiger partial charge in [0.15, 0.2) is 0 Å². The van der Waals surface area contributed by atoms with Crippen molar-refractivity contribution in [3.05, 3.63) is 18.3 Å². The van der Waals surface area contributed by atoms with E-state index in [1.807, 2.05) is 24.9 Å². The molecule has 1 unspecified atom stereocenters. The van der Waals surface area contributed by atoms with Crippen molar-refractivity contribution in [3.8, 4) is 0 Å². The zero-order chi connectivity index (χ0) is 9.84. The predicted molar refractivity (Wildman–Crippen MR) is 53.6 cm³/mol. The number of nitrogens with two attached hydrogens (primary N) is 1. The lowest BCUT2D eigenvalue weighted by Gasteiger charge is -2.25. The fraction of sp³-hybridized carbons (Fsp3) is 0.444. The van der Waals surface area contributed by atoms with Gasteiger partial charge in [-0.2, -0.15) is 0 Å². The van der Waals surface area contributed by atoms with E-state index in [0.29, 0.717) is 5.82 Å². The maximum Gasteiger partial charge on any atom is 0.125 e. The molecule has 1 heterocycles. The Hall–Kier alpha value is -1.29. The first-order valence-electron chi connectivity index (χ1n) is 4.20. The first-order chi connectivity index (χ1) is 6.15. The third-order valence-electron chi connectivity index (χ3n) is 2.10. The summed E-state index contributed by atoms with van der Waals surface area (Å²) in [6, 6.07) is 3.73. The molecule has 0 aromatic carbocycles. The average Bonchev–Trinajstić information content (AvgIpc) is 2.15. The standard InChI is InChI=1S/C9H15N3O/c1-7(6-13)12(2)8-3-4-11-9(10)5-8/h3-5,7,13H,6H2,1-2H3,(H2,10,11). The van der Waals surface area contributed by atoms with Crippen molar-refractivity contribution in [1.82, 2.24) is 4.98 Å². The molecule has 4 nitrogen and oxygen atoms in total. The molecule has 0 saturated carbocycles. The minimum Gasteiger partial charge on any atom is -0.394 e. The van der Waals surface area contributed by atoms with Crippen LogP contribution >= 0.6 is 0 Å². The van der Waals surface area contributed by atoms with Crippen LogP contribution in [0.2, 0.25) is 0 Å². The highest BCUT2D eigenvalue weighted by molar-refractivity contribution is 5.51. The third kappa shape index (κ3) is 2.32. The van der Waals surface area contributed by atoms with Crippen LogP contribution in [0.4, 0.5) is 11.5 Å². The highest BCUT2D eigenvalue weighted by Gasteiger charge is 2.08. The van der Waals surface area contributed by atoms with Crippen LogP contribution in [0, 0.1) is 0 Å². The molecule has 0 saturated heterocycles. The summed E-state index contributed by atoms with van der Waals surface area (Å²) in [6.07, 6.45) is 1.66. The first-order valence-corrected chi connectivity index (χ1v) is 4.20. The van der Waals surface area contributed by atoms with Crippen molar-refractivity contribution in [3.63, 3.8) is 0 Å². The zero-order valence-electron chi connectivity index (χ0n) is 7.94. The van der Waals surface area contributed by atoms with Gasteiger partial charge in [-0.1, -0.05) is 0 Å². The molecule has 0 amide bonds. The zero-order valence-corrected chi connectivity index (χ0v) is 7.94. The molecule has 0 radical (unpaired) electrons. The minimum absolute atomic E-state index is 0.0850. The van der Waals surface area contributed by atoms with E-state index in [0.717, 1.165) is 5.69 Å². The Morgan fingerprint density at radius 1 is 1.69 bits per heavy atom. The van der Waals surface area contributed by atoms with E-state index in [-0.39, 0.29) is 12.6 Å². The molecule has 0 aliphatic rings. The molecule has 0 aliphatic carbocycles. The van der Waals surface area contributed by atoms with E-state index in [4.69, 9.17) is 10.8 Å². The van der Waals surface area contributed by atoms with E-state index in [9.17, 15) is 0 Å². The van der Waals surface area contributed by atoms with Crippen molar-refractivity contribution in [2.24, 2.45) is 0 Å². The summed E-state index contributed by atoms with van der Waals surface area (Å²) in [7, 11) is 1.91. The van der Waals surface area contributed by atoms with Crippen molar-refractivity contribution in [2.45, 2.75) is 13.0 Å². The molecular weight excluding hydrogens is 166 g/mol. The summed E-state index contributed by atoms with van der Waals surface area (Å²) in [5, 5.41) is 8.95. The number of likely N-dealkylation sites (N-methyl/N-ethyl adjacent to an activating group) is 1. The molecule has 1 rings (SSSR count). The maximum atomic E-state index is 8.95. The van der Waals surface area contributed by atoms with Gasteiger partial charge in [0.25, 0.3) is 0 Å². The monoisotopic (exact) mass is 181 g/mol. The Labute approximate surface area is 78.0 Å². The number of hydrogen-bond acceptors (Lipinski definition) is 4. The van der Waals surface area contributed by atoms with Gasteiger partial charge < -0.3 is 15.7 Å². The maximum absolute atomic E-state index is 8.95. The van der Waals surface area contributed by atoms with Gasteiger partial charge in [-0.3, -0.25) is 0 Å². The van der Waals surface area contributed by atoms with E-state index in [1.165, 1.54) is 0 Å². The van der Waals surface area contributed by atoms with Gasteiger partial charge in [0, 0.05) is 31.0 Å². The lowest BCUT2D eigenvalue weighted by atomic mass is 10.2. The molecule has 72 valence electrons. The molecule has 0 spiro atoms. The molecule has 1 atom stereocenters. The Morgan fingerprint density at radius 2 is 2.38 bits per heavy atom. The van der Waals surface area contributed by atoms with Gasteiger partial charge in [0.1, 0.15) is 5.82 Å². The summed E-state index contributed by atoms with van der Waals surface area (Å²) >= 11 is 0. The second-order valence-corrected chi connectivity index (χ2v) is 3.08. The third-order valence-corrected chi connectivity index (χ3v) is 2.10. The number of aliphatic hydroxyl groups is 1. The number of aliphatic hydroxyl groups excluding tert-OH is 1. The summed E-state index contributed by atoms with van der Waals surface area (Å²) in [5.41, 5.74) is 6.50. The van der Waals surface area contributed by atoms with E-state index < -0.39 is 0 Å². The second kappa shape index (κ2) is 4.09. The predicted octanol–water partition coefficient (Wildman–Crippen LogP) is 0.481. The summed E-state index contributed by atoms with van der Waals surface area (Å²) in [4.78, 5) is 5.85. The smallest absolute Gasteiger partial charge is 0.125 e. The van der Waals surface area contributed by atoms with Crippen LogP contribution in [-0.4, -0.2) is 29.8 Å². The fourth-order valence-electron chi connectivity index (χ4n) is 1.03. The van der Waals surface area contributed by atoms with Crippen LogP contribution < -0.4 is 10.6 Å². The Bertz CT molecular complexity index is 277. The van der Waals surface area contributed by atoms with Gasteiger partial charge in [-0.25, -0.2) is 4.98 Å². The minimum atomic E-state index is 0.0850. The molecular formula is C9H15N3O. The van der Waals surface area contributed by atoms with Gasteiger partial charge in [0.2, 0.25) is 0 Å². The van der Waals surface area contributed by atoms with E-state index in [2.05, 4.69) is 4.98 Å². The Kier molecular flexibility index (Phi) is 3.08. The largest absolute Gasteiger partial charge is 0.394 e. The van der Waals surface area contributed by atoms with Gasteiger partial charge in [-0.15, -0.1) is 0 Å². The number of nitrogens with zero attached hydrogens (tertiary/aromatic N) is 2. The molecule has 0 aliphatic heterocycles. The molecule has 0 bridgehead atoms.